The third-order valence-electron chi connectivity index (χ3n) is 3.21. The summed E-state index contributed by atoms with van der Waals surface area (Å²) in [6.07, 6.45) is -0.0583. The fraction of sp³-hybridized carbons (Fsp3) is 0.467. The first-order chi connectivity index (χ1) is 8.97. The summed E-state index contributed by atoms with van der Waals surface area (Å²) in [5, 5.41) is 0. The van der Waals surface area contributed by atoms with Crippen molar-refractivity contribution in [2.24, 2.45) is 0 Å². The normalized spacial score (nSPS) is 23.2. The monoisotopic (exact) mass is 261 g/mol. The van der Waals surface area contributed by atoms with Crippen molar-refractivity contribution in [3.63, 3.8) is 0 Å². The van der Waals surface area contributed by atoms with Crippen molar-refractivity contribution in [1.82, 2.24) is 4.90 Å². The number of rotatable bonds is 2. The van der Waals surface area contributed by atoms with Gasteiger partial charge in [-0.2, -0.15) is 0 Å². The molecular weight excluding hydrogens is 242 g/mol. The van der Waals surface area contributed by atoms with Crippen LogP contribution in [-0.4, -0.2) is 41.9 Å². The van der Waals surface area contributed by atoms with E-state index in [1.165, 1.54) is 0 Å². The van der Waals surface area contributed by atoms with Crippen molar-refractivity contribution >= 4 is 11.7 Å². The van der Waals surface area contributed by atoms with Crippen LogP contribution in [0.15, 0.2) is 24.3 Å². The minimum atomic E-state index is -0.443. The molecule has 1 fully saturated rings. The second kappa shape index (κ2) is 5.53. The zero-order valence-corrected chi connectivity index (χ0v) is 11.6. The Morgan fingerprint density at radius 3 is 2.16 bits per heavy atom. The van der Waals surface area contributed by atoms with Crippen molar-refractivity contribution in [3.8, 4) is 0 Å². The van der Waals surface area contributed by atoms with Crippen molar-refractivity contribution < 1.29 is 14.3 Å². The Bertz CT molecular complexity index is 471. The highest BCUT2D eigenvalue weighted by Crippen LogP contribution is 2.13. The molecule has 0 spiro atoms. The molecule has 0 N–H and O–H groups in total. The number of amides is 1. The van der Waals surface area contributed by atoms with Gasteiger partial charge >= 0.3 is 0 Å². The van der Waals surface area contributed by atoms with Gasteiger partial charge in [-0.05, 0) is 20.8 Å². The van der Waals surface area contributed by atoms with Gasteiger partial charge in [-0.15, -0.1) is 0 Å². The summed E-state index contributed by atoms with van der Waals surface area (Å²) in [4.78, 5) is 25.9. The number of hydrogen-bond donors (Lipinski definition) is 0. The summed E-state index contributed by atoms with van der Waals surface area (Å²) in [6.45, 7) is 6.71. The lowest BCUT2D eigenvalue weighted by Gasteiger charge is -2.34. The third kappa shape index (κ3) is 3.20. The quantitative estimate of drug-likeness (QED) is 0.602. The SMILES string of the molecule is Cc1ccc(C(=O)C(=O)N2C[C@H](C)O[C@@H](C)C2)cc1. The Kier molecular flexibility index (Phi) is 4.00. The number of nitrogens with zero attached hydrogens (tertiary/aromatic N) is 1. The molecule has 2 atom stereocenters. The summed E-state index contributed by atoms with van der Waals surface area (Å²) < 4.78 is 5.56. The number of ether oxygens (including phenoxy) is 1. The van der Waals surface area contributed by atoms with Crippen LogP contribution in [0.2, 0.25) is 0 Å². The Morgan fingerprint density at radius 2 is 1.63 bits per heavy atom. The van der Waals surface area contributed by atoms with Gasteiger partial charge in [0.2, 0.25) is 5.78 Å². The van der Waals surface area contributed by atoms with E-state index in [4.69, 9.17) is 4.74 Å². The molecule has 19 heavy (non-hydrogen) atoms. The molecule has 1 aromatic rings. The first kappa shape index (κ1) is 13.7. The molecule has 1 heterocycles. The number of carbonyl (C=O) groups excluding carboxylic acids is 2. The molecular formula is C15H19NO3. The summed E-state index contributed by atoms with van der Waals surface area (Å²) >= 11 is 0. The summed E-state index contributed by atoms with van der Waals surface area (Å²) in [5.74, 6) is -0.882. The zero-order valence-electron chi connectivity index (χ0n) is 11.6. The lowest BCUT2D eigenvalue weighted by molar-refractivity contribution is -0.138. The van der Waals surface area contributed by atoms with Crippen LogP contribution in [0, 0.1) is 6.92 Å². The molecule has 0 radical (unpaired) electrons. The van der Waals surface area contributed by atoms with E-state index in [0.717, 1.165) is 5.56 Å². The highest BCUT2D eigenvalue weighted by atomic mass is 16.5. The van der Waals surface area contributed by atoms with Gasteiger partial charge in [-0.1, -0.05) is 29.8 Å². The predicted molar refractivity (Wildman–Crippen MR) is 72.1 cm³/mol. The lowest BCUT2D eigenvalue weighted by Crippen LogP contribution is -2.50. The molecule has 0 bridgehead atoms. The van der Waals surface area contributed by atoms with Crippen LogP contribution in [0.25, 0.3) is 0 Å². The predicted octanol–water partition coefficient (Wildman–Crippen LogP) is 1.81. The molecule has 2 rings (SSSR count). The van der Waals surface area contributed by atoms with E-state index >= 15 is 0 Å². The topological polar surface area (TPSA) is 46.6 Å². The molecule has 0 aromatic heterocycles. The standard InChI is InChI=1S/C15H19NO3/c1-10-4-6-13(7-5-10)14(17)15(18)16-8-11(2)19-12(3)9-16/h4-7,11-12H,8-9H2,1-3H3/t11-,12-/m0/s1. The van der Waals surface area contributed by atoms with E-state index in [-0.39, 0.29) is 12.2 Å². The molecule has 0 saturated carbocycles. The van der Waals surface area contributed by atoms with Crippen LogP contribution >= 0.6 is 0 Å². The van der Waals surface area contributed by atoms with Crippen molar-refractivity contribution in [2.75, 3.05) is 13.1 Å². The van der Waals surface area contributed by atoms with E-state index in [1.54, 1.807) is 17.0 Å². The van der Waals surface area contributed by atoms with Crippen LogP contribution in [0.3, 0.4) is 0 Å². The number of morpholine rings is 1. The maximum Gasteiger partial charge on any atom is 0.295 e. The van der Waals surface area contributed by atoms with Gasteiger partial charge in [0.15, 0.2) is 0 Å². The average molecular weight is 261 g/mol. The largest absolute Gasteiger partial charge is 0.372 e. The molecule has 1 aromatic carbocycles. The summed E-state index contributed by atoms with van der Waals surface area (Å²) in [6, 6.07) is 7.07. The molecule has 102 valence electrons. The van der Waals surface area contributed by atoms with Crippen molar-refractivity contribution in [1.29, 1.82) is 0 Å². The Morgan fingerprint density at radius 1 is 1.11 bits per heavy atom. The number of Topliss-reactive ketones (excluding diaryl/α,β-unsaturated/α-hetero) is 1. The van der Waals surface area contributed by atoms with Gasteiger partial charge in [0.05, 0.1) is 12.2 Å². The number of ketones is 1. The van der Waals surface area contributed by atoms with E-state index in [9.17, 15) is 9.59 Å². The van der Waals surface area contributed by atoms with Gasteiger partial charge in [0.1, 0.15) is 0 Å². The average Bonchev–Trinajstić information content (AvgIpc) is 2.37. The maximum absolute atomic E-state index is 12.2. The maximum atomic E-state index is 12.2. The first-order valence-electron chi connectivity index (χ1n) is 6.53. The Hall–Kier alpha value is -1.68. The van der Waals surface area contributed by atoms with Gasteiger partial charge in [-0.25, -0.2) is 0 Å². The van der Waals surface area contributed by atoms with Crippen molar-refractivity contribution in [3.05, 3.63) is 35.4 Å². The van der Waals surface area contributed by atoms with Gasteiger partial charge in [0.25, 0.3) is 5.91 Å². The van der Waals surface area contributed by atoms with Crippen LogP contribution in [0.4, 0.5) is 0 Å². The first-order valence-corrected chi connectivity index (χ1v) is 6.53. The van der Waals surface area contributed by atoms with E-state index in [2.05, 4.69) is 0 Å². The third-order valence-corrected chi connectivity index (χ3v) is 3.21. The number of hydrogen-bond acceptors (Lipinski definition) is 3. The zero-order chi connectivity index (χ0) is 14.0. The number of carbonyl (C=O) groups is 2. The minimum absolute atomic E-state index is 0.0292. The molecule has 1 amide bonds. The van der Waals surface area contributed by atoms with E-state index in [1.807, 2.05) is 32.9 Å². The highest BCUT2D eigenvalue weighted by Gasteiger charge is 2.30. The fourth-order valence-corrected chi connectivity index (χ4v) is 2.32. The van der Waals surface area contributed by atoms with Crippen LogP contribution in [0.1, 0.15) is 29.8 Å². The smallest absolute Gasteiger partial charge is 0.295 e. The molecule has 0 aliphatic carbocycles. The summed E-state index contributed by atoms with van der Waals surface area (Å²) in [5.41, 5.74) is 1.51. The molecule has 1 aliphatic rings. The number of benzene rings is 1. The number of aryl methyl sites for hydroxylation is 1. The Balaban J connectivity index is 2.10. The second-order valence-electron chi connectivity index (χ2n) is 5.16. The molecule has 4 heteroatoms. The Labute approximate surface area is 113 Å². The molecule has 1 aliphatic heterocycles. The van der Waals surface area contributed by atoms with Crippen molar-refractivity contribution in [2.45, 2.75) is 33.0 Å². The fourth-order valence-electron chi connectivity index (χ4n) is 2.32. The molecule has 0 unspecified atom stereocenters. The van der Waals surface area contributed by atoms with Gasteiger partial charge in [0, 0.05) is 18.7 Å². The lowest BCUT2D eigenvalue weighted by atomic mass is 10.1. The van der Waals surface area contributed by atoms with Crippen LogP contribution in [-0.2, 0) is 9.53 Å². The molecule has 4 nitrogen and oxygen atoms in total. The van der Waals surface area contributed by atoms with Crippen LogP contribution in [0.5, 0.6) is 0 Å². The molecule has 1 saturated heterocycles. The van der Waals surface area contributed by atoms with E-state index in [0.29, 0.717) is 18.7 Å². The van der Waals surface area contributed by atoms with E-state index < -0.39 is 11.7 Å². The second-order valence-corrected chi connectivity index (χ2v) is 5.16. The van der Waals surface area contributed by atoms with Gasteiger partial charge < -0.3 is 9.64 Å². The highest BCUT2D eigenvalue weighted by molar-refractivity contribution is 6.42. The minimum Gasteiger partial charge on any atom is -0.372 e. The van der Waals surface area contributed by atoms with Crippen LogP contribution < -0.4 is 0 Å². The van der Waals surface area contributed by atoms with Gasteiger partial charge in [-0.3, -0.25) is 9.59 Å². The summed E-state index contributed by atoms with van der Waals surface area (Å²) in [7, 11) is 0.